The lowest BCUT2D eigenvalue weighted by Gasteiger charge is -2.16. The van der Waals surface area contributed by atoms with Crippen LogP contribution in [0.25, 0.3) is 0 Å². The van der Waals surface area contributed by atoms with Crippen molar-refractivity contribution in [1.82, 2.24) is 14.7 Å². The number of hydrogen-bond acceptors (Lipinski definition) is 2. The summed E-state index contributed by atoms with van der Waals surface area (Å²) in [6, 6.07) is 2.69. The largest absolute Gasteiger partial charge is 0.300 e. The van der Waals surface area contributed by atoms with E-state index >= 15 is 0 Å². The second kappa shape index (κ2) is 7.95. The Kier molecular flexibility index (Phi) is 6.94. The number of halogens is 1. The average Bonchev–Trinajstić information content (AvgIpc) is 2.76. The van der Waals surface area contributed by atoms with Crippen LogP contribution >= 0.6 is 15.9 Å². The molecule has 18 heavy (non-hydrogen) atoms. The maximum absolute atomic E-state index is 4.68. The zero-order valence-corrected chi connectivity index (χ0v) is 13.7. The Morgan fingerprint density at radius 2 is 2.06 bits per heavy atom. The topological polar surface area (TPSA) is 21.1 Å². The first-order chi connectivity index (χ1) is 8.56. The quantitative estimate of drug-likeness (QED) is 0.679. The minimum absolute atomic E-state index is 0.548. The maximum Gasteiger partial charge on any atom is 0.0764 e. The Hall–Kier alpha value is -0.350. The molecule has 0 spiro atoms. The Labute approximate surface area is 120 Å². The second-order valence-electron chi connectivity index (χ2n) is 5.06. The highest BCUT2D eigenvalue weighted by atomic mass is 79.9. The van der Waals surface area contributed by atoms with Gasteiger partial charge in [-0.2, -0.15) is 5.10 Å². The molecular formula is C14H26BrN3. The van der Waals surface area contributed by atoms with Crippen LogP contribution in [0.15, 0.2) is 12.3 Å². The molecule has 1 atom stereocenters. The van der Waals surface area contributed by atoms with E-state index in [1.54, 1.807) is 0 Å². The number of alkyl halides is 1. The summed E-state index contributed by atoms with van der Waals surface area (Å²) in [5.74, 6) is 0. The van der Waals surface area contributed by atoms with Crippen LogP contribution in [0.3, 0.4) is 0 Å². The molecule has 1 aromatic rings. The van der Waals surface area contributed by atoms with Gasteiger partial charge in [0, 0.05) is 17.6 Å². The van der Waals surface area contributed by atoms with Crippen LogP contribution in [0.4, 0.5) is 0 Å². The lowest BCUT2D eigenvalue weighted by Crippen LogP contribution is -2.21. The van der Waals surface area contributed by atoms with Crippen molar-refractivity contribution in [2.24, 2.45) is 0 Å². The molecule has 0 bridgehead atoms. The van der Waals surface area contributed by atoms with Gasteiger partial charge in [0.25, 0.3) is 0 Å². The Morgan fingerprint density at radius 1 is 1.39 bits per heavy atom. The highest BCUT2D eigenvalue weighted by Crippen LogP contribution is 2.15. The average molecular weight is 316 g/mol. The molecule has 1 heterocycles. The number of nitrogens with zero attached hydrogens (tertiary/aromatic N) is 3. The van der Waals surface area contributed by atoms with Gasteiger partial charge in [0.15, 0.2) is 0 Å². The van der Waals surface area contributed by atoms with Crippen LogP contribution in [0.2, 0.25) is 0 Å². The molecule has 0 saturated carbocycles. The Bertz CT molecular complexity index is 332. The van der Waals surface area contributed by atoms with E-state index in [1.807, 2.05) is 0 Å². The first-order valence-electron chi connectivity index (χ1n) is 6.93. The molecule has 0 amide bonds. The molecule has 104 valence electrons. The molecule has 0 aliphatic rings. The fourth-order valence-corrected chi connectivity index (χ4v) is 2.29. The van der Waals surface area contributed by atoms with Crippen molar-refractivity contribution in [3.8, 4) is 0 Å². The third kappa shape index (κ3) is 5.11. The first-order valence-corrected chi connectivity index (χ1v) is 7.85. The molecule has 0 aromatic carbocycles. The van der Waals surface area contributed by atoms with Crippen molar-refractivity contribution >= 4 is 15.9 Å². The summed E-state index contributed by atoms with van der Waals surface area (Å²) in [7, 11) is 2.16. The minimum Gasteiger partial charge on any atom is -0.300 e. The van der Waals surface area contributed by atoms with Gasteiger partial charge in [0.1, 0.15) is 0 Å². The summed E-state index contributed by atoms with van der Waals surface area (Å²) in [5, 5.41) is 4.68. The van der Waals surface area contributed by atoms with Gasteiger partial charge in [-0.1, -0.05) is 36.7 Å². The van der Waals surface area contributed by atoms with Crippen molar-refractivity contribution in [3.05, 3.63) is 18.0 Å². The van der Waals surface area contributed by atoms with Crippen molar-refractivity contribution in [2.45, 2.75) is 57.4 Å². The van der Waals surface area contributed by atoms with E-state index in [2.05, 4.69) is 70.7 Å². The van der Waals surface area contributed by atoms with Crippen molar-refractivity contribution in [3.63, 3.8) is 0 Å². The normalized spacial score (nSPS) is 13.5. The predicted molar refractivity (Wildman–Crippen MR) is 81.2 cm³/mol. The Morgan fingerprint density at radius 3 is 2.61 bits per heavy atom. The molecule has 0 saturated heterocycles. The van der Waals surface area contributed by atoms with Crippen molar-refractivity contribution in [2.75, 3.05) is 13.6 Å². The molecular weight excluding hydrogens is 290 g/mol. The number of rotatable bonds is 8. The molecule has 1 aromatic heterocycles. The highest BCUT2D eigenvalue weighted by Gasteiger charge is 2.09. The van der Waals surface area contributed by atoms with Crippen LogP contribution in [-0.2, 0) is 6.54 Å². The molecule has 1 rings (SSSR count). The third-order valence-electron chi connectivity index (χ3n) is 3.32. The molecule has 4 heteroatoms. The van der Waals surface area contributed by atoms with E-state index in [0.29, 0.717) is 10.9 Å². The molecule has 0 N–H and O–H groups in total. The van der Waals surface area contributed by atoms with E-state index in [0.717, 1.165) is 25.9 Å². The monoisotopic (exact) mass is 315 g/mol. The summed E-state index contributed by atoms with van der Waals surface area (Å²) in [6.07, 6.45) is 5.58. The third-order valence-corrected chi connectivity index (χ3v) is 3.78. The van der Waals surface area contributed by atoms with Crippen LogP contribution in [-0.4, -0.2) is 33.1 Å². The SMILES string of the molecule is CCC(CC)n1ccc(CN(C)CCC(C)Br)n1. The van der Waals surface area contributed by atoms with Gasteiger partial charge in [-0.15, -0.1) is 0 Å². The molecule has 3 nitrogen and oxygen atoms in total. The van der Waals surface area contributed by atoms with Crippen LogP contribution < -0.4 is 0 Å². The summed E-state index contributed by atoms with van der Waals surface area (Å²) >= 11 is 3.58. The summed E-state index contributed by atoms with van der Waals surface area (Å²) in [4.78, 5) is 2.92. The molecule has 0 fully saturated rings. The lowest BCUT2D eigenvalue weighted by atomic mass is 10.2. The van der Waals surface area contributed by atoms with E-state index in [-0.39, 0.29) is 0 Å². The van der Waals surface area contributed by atoms with Gasteiger partial charge < -0.3 is 4.90 Å². The summed E-state index contributed by atoms with van der Waals surface area (Å²) < 4.78 is 2.12. The highest BCUT2D eigenvalue weighted by molar-refractivity contribution is 9.09. The summed E-state index contributed by atoms with van der Waals surface area (Å²) in [5.41, 5.74) is 1.17. The van der Waals surface area contributed by atoms with Crippen molar-refractivity contribution < 1.29 is 0 Å². The first kappa shape index (κ1) is 15.7. The molecule has 0 aliphatic heterocycles. The van der Waals surface area contributed by atoms with Crippen LogP contribution in [0, 0.1) is 0 Å². The fraction of sp³-hybridized carbons (Fsp3) is 0.786. The van der Waals surface area contributed by atoms with Gasteiger partial charge in [-0.25, -0.2) is 0 Å². The summed E-state index contributed by atoms with van der Waals surface area (Å²) in [6.45, 7) is 8.67. The Balaban J connectivity index is 2.48. The number of aromatic nitrogens is 2. The fourth-order valence-electron chi connectivity index (χ4n) is 2.08. The van der Waals surface area contributed by atoms with Crippen LogP contribution in [0.5, 0.6) is 0 Å². The van der Waals surface area contributed by atoms with E-state index in [9.17, 15) is 0 Å². The van der Waals surface area contributed by atoms with Crippen molar-refractivity contribution in [1.29, 1.82) is 0 Å². The molecule has 1 unspecified atom stereocenters. The maximum atomic E-state index is 4.68. The van der Waals surface area contributed by atoms with Crippen LogP contribution in [0.1, 0.15) is 51.8 Å². The van der Waals surface area contributed by atoms with E-state index < -0.39 is 0 Å². The van der Waals surface area contributed by atoms with Gasteiger partial charge in [-0.3, -0.25) is 4.68 Å². The molecule has 0 radical (unpaired) electrons. The standard InChI is InChI=1S/C14H26BrN3/c1-5-14(6-2)18-10-8-13(16-18)11-17(4)9-7-12(3)15/h8,10,12,14H,5-7,9,11H2,1-4H3. The number of hydrogen-bond donors (Lipinski definition) is 0. The van der Waals surface area contributed by atoms with Gasteiger partial charge in [0.05, 0.1) is 11.7 Å². The van der Waals surface area contributed by atoms with E-state index in [1.165, 1.54) is 12.1 Å². The lowest BCUT2D eigenvalue weighted by molar-refractivity contribution is 0.315. The van der Waals surface area contributed by atoms with E-state index in [4.69, 9.17) is 0 Å². The van der Waals surface area contributed by atoms with Gasteiger partial charge in [-0.05, 0) is 38.9 Å². The smallest absolute Gasteiger partial charge is 0.0764 e. The zero-order chi connectivity index (χ0) is 13.5. The molecule has 0 aliphatic carbocycles. The second-order valence-corrected chi connectivity index (χ2v) is 6.63. The van der Waals surface area contributed by atoms with Gasteiger partial charge >= 0.3 is 0 Å². The zero-order valence-electron chi connectivity index (χ0n) is 12.1. The minimum atomic E-state index is 0.548. The van der Waals surface area contributed by atoms with Gasteiger partial charge in [0.2, 0.25) is 0 Å². The predicted octanol–water partition coefficient (Wildman–Crippen LogP) is 3.85.